The summed E-state index contributed by atoms with van der Waals surface area (Å²) in [4.78, 5) is 4.32. The highest BCUT2D eigenvalue weighted by molar-refractivity contribution is 5.20. The second-order valence-corrected chi connectivity index (χ2v) is 4.90. The van der Waals surface area contributed by atoms with E-state index in [-0.39, 0.29) is 0 Å². The van der Waals surface area contributed by atoms with Crippen LogP contribution in [0.2, 0.25) is 0 Å². The highest BCUT2D eigenvalue weighted by Crippen LogP contribution is 2.30. The Balaban J connectivity index is 1.92. The van der Waals surface area contributed by atoms with E-state index in [0.717, 1.165) is 11.8 Å². The zero-order chi connectivity index (χ0) is 10.8. The molecule has 2 nitrogen and oxygen atoms in total. The van der Waals surface area contributed by atoms with E-state index in [0.29, 0.717) is 12.0 Å². The monoisotopic (exact) mass is 205 g/mol. The van der Waals surface area contributed by atoms with Crippen LogP contribution < -0.4 is 4.74 Å². The Morgan fingerprint density at radius 1 is 1.33 bits per heavy atom. The highest BCUT2D eigenvalue weighted by atomic mass is 16.5. The van der Waals surface area contributed by atoms with Gasteiger partial charge >= 0.3 is 0 Å². The van der Waals surface area contributed by atoms with Crippen LogP contribution in [0, 0.1) is 5.92 Å². The number of nitrogens with zero attached hydrogens (tertiary/aromatic N) is 1. The predicted molar refractivity (Wildman–Crippen MR) is 61.1 cm³/mol. The second-order valence-electron chi connectivity index (χ2n) is 4.90. The lowest BCUT2D eigenvalue weighted by Crippen LogP contribution is -2.32. The van der Waals surface area contributed by atoms with Gasteiger partial charge in [0.25, 0.3) is 0 Å². The molecule has 0 saturated heterocycles. The van der Waals surface area contributed by atoms with E-state index in [1.807, 2.05) is 12.3 Å². The van der Waals surface area contributed by atoms with Gasteiger partial charge in [-0.2, -0.15) is 0 Å². The number of ether oxygens (including phenoxy) is 1. The van der Waals surface area contributed by atoms with Gasteiger partial charge in [-0.05, 0) is 30.2 Å². The van der Waals surface area contributed by atoms with Crippen molar-refractivity contribution in [3.05, 3.63) is 23.9 Å². The van der Waals surface area contributed by atoms with Crippen LogP contribution in [0.5, 0.6) is 5.88 Å². The number of hydrogen-bond acceptors (Lipinski definition) is 2. The third-order valence-corrected chi connectivity index (χ3v) is 3.04. The zero-order valence-corrected chi connectivity index (χ0v) is 9.73. The fourth-order valence-electron chi connectivity index (χ4n) is 1.90. The summed E-state index contributed by atoms with van der Waals surface area (Å²) in [5.41, 5.74) is 1.27. The number of rotatable bonds is 3. The Bertz CT molecular complexity index is 312. The summed E-state index contributed by atoms with van der Waals surface area (Å²) in [6, 6.07) is 4.09. The molecule has 1 fully saturated rings. The molecule has 0 radical (unpaired) electrons. The van der Waals surface area contributed by atoms with Crippen LogP contribution in [0.25, 0.3) is 0 Å². The quantitative estimate of drug-likeness (QED) is 0.754. The molecule has 2 rings (SSSR count). The summed E-state index contributed by atoms with van der Waals surface area (Å²) in [7, 11) is 0. The SMILES string of the molecule is CC(C)c1ccc(O[C@H]2C[C@H](C)C2)nc1. The van der Waals surface area contributed by atoms with E-state index >= 15 is 0 Å². The minimum absolute atomic E-state index is 0.400. The molecule has 2 heteroatoms. The van der Waals surface area contributed by atoms with Crippen molar-refractivity contribution in [2.24, 2.45) is 5.92 Å². The van der Waals surface area contributed by atoms with Crippen molar-refractivity contribution in [1.29, 1.82) is 0 Å². The van der Waals surface area contributed by atoms with E-state index in [9.17, 15) is 0 Å². The number of pyridine rings is 1. The molecule has 0 bridgehead atoms. The van der Waals surface area contributed by atoms with Crippen LogP contribution in [-0.2, 0) is 0 Å². The smallest absolute Gasteiger partial charge is 0.213 e. The van der Waals surface area contributed by atoms with Crippen LogP contribution >= 0.6 is 0 Å². The first-order valence-electron chi connectivity index (χ1n) is 5.77. The summed E-state index contributed by atoms with van der Waals surface area (Å²) in [5, 5.41) is 0. The molecule has 1 aliphatic carbocycles. The standard InChI is InChI=1S/C13H19NO/c1-9(2)11-4-5-13(14-8-11)15-12-6-10(3)7-12/h4-5,8-10,12H,6-7H2,1-3H3/t10-,12-. The van der Waals surface area contributed by atoms with Crippen molar-refractivity contribution in [2.45, 2.75) is 45.6 Å². The average molecular weight is 205 g/mol. The molecule has 0 atom stereocenters. The van der Waals surface area contributed by atoms with Crippen molar-refractivity contribution in [2.75, 3.05) is 0 Å². The first-order valence-corrected chi connectivity index (χ1v) is 5.77. The van der Waals surface area contributed by atoms with Crippen LogP contribution in [-0.4, -0.2) is 11.1 Å². The first-order chi connectivity index (χ1) is 7.15. The molecule has 1 aliphatic rings. The van der Waals surface area contributed by atoms with Gasteiger partial charge in [0, 0.05) is 12.3 Å². The molecule has 1 saturated carbocycles. The number of aromatic nitrogens is 1. The molecule has 0 aliphatic heterocycles. The van der Waals surface area contributed by atoms with Crippen LogP contribution in [0.4, 0.5) is 0 Å². The minimum Gasteiger partial charge on any atom is -0.474 e. The molecule has 1 aromatic rings. The number of hydrogen-bond donors (Lipinski definition) is 0. The topological polar surface area (TPSA) is 22.1 Å². The second kappa shape index (κ2) is 4.21. The Hall–Kier alpha value is -1.05. The predicted octanol–water partition coefficient (Wildman–Crippen LogP) is 3.38. The molecule has 0 spiro atoms. The van der Waals surface area contributed by atoms with Crippen molar-refractivity contribution in [3.8, 4) is 5.88 Å². The Kier molecular flexibility index (Phi) is 2.94. The van der Waals surface area contributed by atoms with Gasteiger partial charge < -0.3 is 4.74 Å². The van der Waals surface area contributed by atoms with E-state index in [1.54, 1.807) is 0 Å². The van der Waals surface area contributed by atoms with Gasteiger partial charge in [-0.15, -0.1) is 0 Å². The summed E-state index contributed by atoms with van der Waals surface area (Å²) in [6.07, 6.45) is 4.67. The summed E-state index contributed by atoms with van der Waals surface area (Å²) >= 11 is 0. The van der Waals surface area contributed by atoms with Crippen LogP contribution in [0.1, 0.15) is 45.1 Å². The third kappa shape index (κ3) is 2.49. The summed E-state index contributed by atoms with van der Waals surface area (Å²) in [5.74, 6) is 2.14. The van der Waals surface area contributed by atoms with Gasteiger partial charge in [-0.3, -0.25) is 0 Å². The summed E-state index contributed by atoms with van der Waals surface area (Å²) < 4.78 is 5.74. The third-order valence-electron chi connectivity index (χ3n) is 3.04. The molecular formula is C13H19NO. The maximum Gasteiger partial charge on any atom is 0.213 e. The molecule has 82 valence electrons. The van der Waals surface area contributed by atoms with Crippen LogP contribution in [0.3, 0.4) is 0 Å². The Morgan fingerprint density at radius 3 is 2.53 bits per heavy atom. The first kappa shape index (κ1) is 10.5. The molecule has 0 aromatic carbocycles. The van der Waals surface area contributed by atoms with Crippen molar-refractivity contribution >= 4 is 0 Å². The minimum atomic E-state index is 0.400. The maximum absolute atomic E-state index is 5.74. The summed E-state index contributed by atoms with van der Waals surface area (Å²) in [6.45, 7) is 6.60. The molecule has 0 N–H and O–H groups in total. The van der Waals surface area contributed by atoms with E-state index < -0.39 is 0 Å². The zero-order valence-electron chi connectivity index (χ0n) is 9.73. The fourth-order valence-corrected chi connectivity index (χ4v) is 1.90. The van der Waals surface area contributed by atoms with Crippen molar-refractivity contribution < 1.29 is 4.74 Å². The molecule has 1 aromatic heterocycles. The van der Waals surface area contributed by atoms with Gasteiger partial charge in [-0.25, -0.2) is 4.98 Å². The molecule has 0 amide bonds. The molecule has 15 heavy (non-hydrogen) atoms. The van der Waals surface area contributed by atoms with Gasteiger partial charge in [0.1, 0.15) is 6.10 Å². The largest absolute Gasteiger partial charge is 0.474 e. The lowest BCUT2D eigenvalue weighted by molar-refractivity contribution is 0.0695. The van der Waals surface area contributed by atoms with Gasteiger partial charge in [-0.1, -0.05) is 26.8 Å². The lowest BCUT2D eigenvalue weighted by atomic mass is 9.84. The molecule has 0 unspecified atom stereocenters. The van der Waals surface area contributed by atoms with E-state index in [2.05, 4.69) is 31.8 Å². The normalized spacial score (nSPS) is 25.1. The molecule has 1 heterocycles. The average Bonchev–Trinajstić information content (AvgIpc) is 2.16. The van der Waals surface area contributed by atoms with Crippen molar-refractivity contribution in [3.63, 3.8) is 0 Å². The van der Waals surface area contributed by atoms with Gasteiger partial charge in [0.05, 0.1) is 0 Å². The van der Waals surface area contributed by atoms with Crippen LogP contribution in [0.15, 0.2) is 18.3 Å². The van der Waals surface area contributed by atoms with Gasteiger partial charge in [0.2, 0.25) is 5.88 Å². The highest BCUT2D eigenvalue weighted by Gasteiger charge is 2.27. The van der Waals surface area contributed by atoms with E-state index in [1.165, 1.54) is 18.4 Å². The lowest BCUT2D eigenvalue weighted by Gasteiger charge is -2.32. The Morgan fingerprint density at radius 2 is 2.07 bits per heavy atom. The van der Waals surface area contributed by atoms with Crippen molar-refractivity contribution in [1.82, 2.24) is 4.98 Å². The van der Waals surface area contributed by atoms with E-state index in [4.69, 9.17) is 4.74 Å². The molecular weight excluding hydrogens is 186 g/mol. The van der Waals surface area contributed by atoms with Gasteiger partial charge in [0.15, 0.2) is 0 Å². The maximum atomic E-state index is 5.74. The Labute approximate surface area is 91.7 Å². The fraction of sp³-hybridized carbons (Fsp3) is 0.615.